The zero-order valence-corrected chi connectivity index (χ0v) is 13.6. The molecule has 0 bridgehead atoms. The molecule has 1 fully saturated rings. The van der Waals surface area contributed by atoms with Gasteiger partial charge in [0.1, 0.15) is 0 Å². The fraction of sp³-hybridized carbons (Fsp3) is 0.533. The van der Waals surface area contributed by atoms with E-state index < -0.39 is 0 Å². The molecule has 0 spiro atoms. The van der Waals surface area contributed by atoms with Crippen molar-refractivity contribution in [3.63, 3.8) is 0 Å². The number of carbonyl (C=O) groups is 1. The normalized spacial score (nSPS) is 21.4. The summed E-state index contributed by atoms with van der Waals surface area (Å²) < 4.78 is 1.01. The fourth-order valence-corrected chi connectivity index (χ4v) is 2.80. The smallest absolute Gasteiger partial charge is 0.241 e. The minimum Gasteiger partial charge on any atom is -0.325 e. The molecule has 5 heteroatoms. The van der Waals surface area contributed by atoms with Crippen LogP contribution in [0.4, 0.5) is 5.69 Å². The van der Waals surface area contributed by atoms with Crippen molar-refractivity contribution >= 4 is 27.5 Å². The first kappa shape index (κ1) is 15.5. The second-order valence-corrected chi connectivity index (χ2v) is 6.21. The van der Waals surface area contributed by atoms with Crippen LogP contribution in [-0.2, 0) is 4.79 Å². The third kappa shape index (κ3) is 4.04. The molecular weight excluding hydrogens is 318 g/mol. The Balaban J connectivity index is 1.92. The maximum absolute atomic E-state index is 12.3. The van der Waals surface area contributed by atoms with Gasteiger partial charge in [0, 0.05) is 22.7 Å². The summed E-state index contributed by atoms with van der Waals surface area (Å²) in [7, 11) is 1.99. The SMILES string of the molecule is CNC1CCCN(C(C)C(=O)Nc2ccc(Br)cc2)C1. The average Bonchev–Trinajstić information content (AvgIpc) is 2.48. The molecule has 1 aliphatic rings. The van der Waals surface area contributed by atoms with Crippen LogP contribution < -0.4 is 10.6 Å². The molecule has 2 N–H and O–H groups in total. The summed E-state index contributed by atoms with van der Waals surface area (Å²) in [6.07, 6.45) is 2.33. The molecule has 1 aliphatic heterocycles. The summed E-state index contributed by atoms with van der Waals surface area (Å²) in [5.41, 5.74) is 0.840. The van der Waals surface area contributed by atoms with Gasteiger partial charge < -0.3 is 10.6 Å². The minimum atomic E-state index is -0.102. The Labute approximate surface area is 129 Å². The maximum Gasteiger partial charge on any atom is 0.241 e. The summed E-state index contributed by atoms with van der Waals surface area (Å²) in [4.78, 5) is 14.6. The van der Waals surface area contributed by atoms with Crippen LogP contribution in [0.15, 0.2) is 28.7 Å². The number of likely N-dealkylation sites (tertiary alicyclic amines) is 1. The van der Waals surface area contributed by atoms with Gasteiger partial charge >= 0.3 is 0 Å². The average molecular weight is 340 g/mol. The van der Waals surface area contributed by atoms with E-state index in [0.717, 1.165) is 29.7 Å². The summed E-state index contributed by atoms with van der Waals surface area (Å²) in [6, 6.07) is 8.06. The zero-order chi connectivity index (χ0) is 14.5. The fourth-order valence-electron chi connectivity index (χ4n) is 2.54. The standard InChI is InChI=1S/C15H22BrN3O/c1-11(19-9-3-4-14(10-19)17-2)15(20)18-13-7-5-12(16)6-8-13/h5-8,11,14,17H,3-4,9-10H2,1-2H3,(H,18,20). The number of likely N-dealkylation sites (N-methyl/N-ethyl adjacent to an activating group) is 1. The van der Waals surface area contributed by atoms with E-state index in [2.05, 4.69) is 31.5 Å². The molecular formula is C15H22BrN3O. The monoisotopic (exact) mass is 339 g/mol. The van der Waals surface area contributed by atoms with Gasteiger partial charge in [-0.2, -0.15) is 0 Å². The maximum atomic E-state index is 12.3. The van der Waals surface area contributed by atoms with Gasteiger partial charge in [-0.05, 0) is 57.6 Å². The Hall–Kier alpha value is -0.910. The van der Waals surface area contributed by atoms with E-state index in [1.807, 2.05) is 38.2 Å². The number of benzene rings is 1. The Bertz CT molecular complexity index is 449. The summed E-state index contributed by atoms with van der Waals surface area (Å²) in [6.45, 7) is 3.91. The predicted octanol–water partition coefficient (Wildman–Crippen LogP) is 2.46. The summed E-state index contributed by atoms with van der Waals surface area (Å²) in [5.74, 6) is 0.0593. The number of hydrogen-bond acceptors (Lipinski definition) is 3. The van der Waals surface area contributed by atoms with Gasteiger partial charge in [0.05, 0.1) is 6.04 Å². The van der Waals surface area contributed by atoms with E-state index in [4.69, 9.17) is 0 Å². The quantitative estimate of drug-likeness (QED) is 0.885. The highest BCUT2D eigenvalue weighted by atomic mass is 79.9. The minimum absolute atomic E-state index is 0.0593. The highest BCUT2D eigenvalue weighted by molar-refractivity contribution is 9.10. The number of amides is 1. The predicted molar refractivity (Wildman–Crippen MR) is 85.9 cm³/mol. The number of piperidine rings is 1. The number of carbonyl (C=O) groups excluding carboxylic acids is 1. The molecule has 0 radical (unpaired) electrons. The first-order valence-electron chi connectivity index (χ1n) is 7.08. The number of anilines is 1. The lowest BCUT2D eigenvalue weighted by Gasteiger charge is -2.35. The molecule has 1 aromatic carbocycles. The van der Waals surface area contributed by atoms with Crippen LogP contribution in [0, 0.1) is 0 Å². The van der Waals surface area contributed by atoms with Crippen LogP contribution in [-0.4, -0.2) is 43.0 Å². The Morgan fingerprint density at radius 3 is 2.75 bits per heavy atom. The molecule has 2 unspecified atom stereocenters. The molecule has 0 saturated carbocycles. The van der Waals surface area contributed by atoms with Crippen molar-refractivity contribution in [1.29, 1.82) is 0 Å². The molecule has 20 heavy (non-hydrogen) atoms. The summed E-state index contributed by atoms with van der Waals surface area (Å²) >= 11 is 3.39. The van der Waals surface area contributed by atoms with Crippen LogP contribution in [0.1, 0.15) is 19.8 Å². The van der Waals surface area contributed by atoms with Gasteiger partial charge in [-0.25, -0.2) is 0 Å². The highest BCUT2D eigenvalue weighted by Gasteiger charge is 2.26. The van der Waals surface area contributed by atoms with E-state index in [9.17, 15) is 4.79 Å². The molecule has 2 atom stereocenters. The van der Waals surface area contributed by atoms with Crippen molar-refractivity contribution in [3.8, 4) is 0 Å². The molecule has 1 heterocycles. The molecule has 110 valence electrons. The third-order valence-electron chi connectivity index (χ3n) is 3.90. The van der Waals surface area contributed by atoms with Crippen LogP contribution in [0.5, 0.6) is 0 Å². The first-order chi connectivity index (χ1) is 9.60. The molecule has 0 aliphatic carbocycles. The number of nitrogens with one attached hydrogen (secondary N) is 2. The highest BCUT2D eigenvalue weighted by Crippen LogP contribution is 2.17. The van der Waals surface area contributed by atoms with Crippen molar-refractivity contribution in [2.75, 3.05) is 25.5 Å². The Morgan fingerprint density at radius 1 is 1.40 bits per heavy atom. The molecule has 0 aromatic heterocycles. The number of hydrogen-bond donors (Lipinski definition) is 2. The van der Waals surface area contributed by atoms with E-state index >= 15 is 0 Å². The van der Waals surface area contributed by atoms with E-state index in [1.54, 1.807) is 0 Å². The molecule has 1 amide bonds. The van der Waals surface area contributed by atoms with Crippen molar-refractivity contribution in [2.45, 2.75) is 31.8 Å². The van der Waals surface area contributed by atoms with Gasteiger partial charge in [0.15, 0.2) is 0 Å². The zero-order valence-electron chi connectivity index (χ0n) is 12.0. The van der Waals surface area contributed by atoms with Crippen molar-refractivity contribution < 1.29 is 4.79 Å². The van der Waals surface area contributed by atoms with E-state index in [1.165, 1.54) is 6.42 Å². The van der Waals surface area contributed by atoms with Crippen molar-refractivity contribution in [3.05, 3.63) is 28.7 Å². The first-order valence-corrected chi connectivity index (χ1v) is 7.87. The van der Waals surface area contributed by atoms with Gasteiger partial charge in [-0.1, -0.05) is 15.9 Å². The van der Waals surface area contributed by atoms with Crippen LogP contribution >= 0.6 is 15.9 Å². The Morgan fingerprint density at radius 2 is 2.10 bits per heavy atom. The molecule has 2 rings (SSSR count). The number of nitrogens with zero attached hydrogens (tertiary/aromatic N) is 1. The second-order valence-electron chi connectivity index (χ2n) is 5.29. The lowest BCUT2D eigenvalue weighted by Crippen LogP contribution is -2.51. The van der Waals surface area contributed by atoms with Gasteiger partial charge in [0.25, 0.3) is 0 Å². The van der Waals surface area contributed by atoms with E-state index in [0.29, 0.717) is 6.04 Å². The number of halogens is 1. The van der Waals surface area contributed by atoms with Gasteiger partial charge in [-0.15, -0.1) is 0 Å². The largest absolute Gasteiger partial charge is 0.325 e. The topological polar surface area (TPSA) is 44.4 Å². The molecule has 1 saturated heterocycles. The van der Waals surface area contributed by atoms with Gasteiger partial charge in [-0.3, -0.25) is 9.69 Å². The Kier molecular flexibility index (Phi) is 5.57. The lowest BCUT2D eigenvalue weighted by molar-refractivity contribution is -0.121. The van der Waals surface area contributed by atoms with E-state index in [-0.39, 0.29) is 11.9 Å². The third-order valence-corrected chi connectivity index (χ3v) is 4.43. The van der Waals surface area contributed by atoms with Crippen molar-refractivity contribution in [2.24, 2.45) is 0 Å². The van der Waals surface area contributed by atoms with Gasteiger partial charge in [0.2, 0.25) is 5.91 Å². The number of rotatable bonds is 4. The van der Waals surface area contributed by atoms with Crippen LogP contribution in [0.25, 0.3) is 0 Å². The summed E-state index contributed by atoms with van der Waals surface area (Å²) in [5, 5.41) is 6.28. The van der Waals surface area contributed by atoms with Crippen LogP contribution in [0.3, 0.4) is 0 Å². The molecule has 4 nitrogen and oxygen atoms in total. The molecule has 1 aromatic rings. The van der Waals surface area contributed by atoms with Crippen molar-refractivity contribution in [1.82, 2.24) is 10.2 Å². The lowest BCUT2D eigenvalue weighted by atomic mass is 10.0. The van der Waals surface area contributed by atoms with Crippen LogP contribution in [0.2, 0.25) is 0 Å². The second kappa shape index (κ2) is 7.20.